The van der Waals surface area contributed by atoms with Crippen molar-refractivity contribution in [2.75, 3.05) is 6.61 Å². The highest BCUT2D eigenvalue weighted by Crippen LogP contribution is 2.28. The number of carbonyl (C=O) groups is 1. The monoisotopic (exact) mass is 356 g/mol. The van der Waals surface area contributed by atoms with Crippen LogP contribution in [0.5, 0.6) is 5.75 Å². The van der Waals surface area contributed by atoms with Gasteiger partial charge in [-0.25, -0.2) is 0 Å². The summed E-state index contributed by atoms with van der Waals surface area (Å²) in [6, 6.07) is 9.49. The van der Waals surface area contributed by atoms with Gasteiger partial charge < -0.3 is 14.6 Å². The summed E-state index contributed by atoms with van der Waals surface area (Å²) in [5, 5.41) is 3.41. The third-order valence-electron chi connectivity index (χ3n) is 3.98. The lowest BCUT2D eigenvalue weighted by atomic mass is 10.1. The number of fused-ring (bicyclic) bond motifs is 1. The zero-order valence-corrected chi connectivity index (χ0v) is 15.3. The topological polar surface area (TPSA) is 60.3 Å². The Balaban J connectivity index is 1.86. The molecule has 0 aliphatic heterocycles. The van der Waals surface area contributed by atoms with Gasteiger partial charge in [-0.15, -0.1) is 11.3 Å². The van der Waals surface area contributed by atoms with E-state index in [0.29, 0.717) is 24.1 Å². The van der Waals surface area contributed by atoms with Gasteiger partial charge in [0.1, 0.15) is 5.75 Å². The molecule has 1 amide bonds. The molecule has 2 heterocycles. The molecule has 0 spiro atoms. The van der Waals surface area contributed by atoms with E-state index in [2.05, 4.69) is 5.32 Å². The fraction of sp³-hybridized carbons (Fsp3) is 0.263. The fourth-order valence-corrected chi connectivity index (χ4v) is 3.82. The van der Waals surface area contributed by atoms with Crippen LogP contribution in [0.1, 0.15) is 27.7 Å². The van der Waals surface area contributed by atoms with Crippen molar-refractivity contribution in [1.29, 1.82) is 0 Å². The minimum absolute atomic E-state index is 0.148. The van der Waals surface area contributed by atoms with E-state index in [1.165, 1.54) is 15.9 Å². The van der Waals surface area contributed by atoms with Crippen LogP contribution < -0.4 is 15.6 Å². The second-order valence-electron chi connectivity index (χ2n) is 5.77. The number of aryl methyl sites for hydroxylation is 2. The number of thiophene rings is 1. The number of nitrogens with zero attached hydrogens (tertiary/aromatic N) is 1. The van der Waals surface area contributed by atoms with E-state index in [1.807, 2.05) is 44.2 Å². The fourth-order valence-electron chi connectivity index (χ4n) is 2.78. The molecular formula is C19H20N2O3S. The third-order valence-corrected chi connectivity index (χ3v) is 5.06. The molecular weight excluding hydrogens is 336 g/mol. The first kappa shape index (κ1) is 17.2. The van der Waals surface area contributed by atoms with E-state index < -0.39 is 0 Å². The molecule has 0 aliphatic carbocycles. The molecule has 1 aromatic carbocycles. The zero-order valence-electron chi connectivity index (χ0n) is 14.5. The first-order valence-electron chi connectivity index (χ1n) is 8.10. The molecule has 0 atom stereocenters. The number of hydrogen-bond acceptors (Lipinski definition) is 4. The normalized spacial score (nSPS) is 10.8. The standard InChI is InChI=1S/C19H20N2O3S/c1-4-24-14-7-5-6-13(10-14)11-20-18(22)16-12(2)25-15-8-9-21(3)19(23)17(15)16/h5-10H,4,11H2,1-3H3,(H,20,22). The lowest BCUT2D eigenvalue weighted by Gasteiger charge is -2.08. The maximum atomic E-state index is 12.7. The number of nitrogens with one attached hydrogen (secondary N) is 1. The highest BCUT2D eigenvalue weighted by molar-refractivity contribution is 7.19. The van der Waals surface area contributed by atoms with E-state index in [0.717, 1.165) is 20.9 Å². The third kappa shape index (κ3) is 3.44. The van der Waals surface area contributed by atoms with Crippen molar-refractivity contribution in [3.8, 4) is 5.75 Å². The Morgan fingerprint density at radius 2 is 2.12 bits per heavy atom. The van der Waals surface area contributed by atoms with Gasteiger partial charge in [0.05, 0.1) is 17.6 Å². The molecule has 0 bridgehead atoms. The van der Waals surface area contributed by atoms with E-state index in [4.69, 9.17) is 4.74 Å². The Morgan fingerprint density at radius 1 is 1.32 bits per heavy atom. The van der Waals surface area contributed by atoms with Crippen LogP contribution in [-0.2, 0) is 13.6 Å². The molecule has 25 heavy (non-hydrogen) atoms. The Hall–Kier alpha value is -2.60. The van der Waals surface area contributed by atoms with Gasteiger partial charge >= 0.3 is 0 Å². The van der Waals surface area contributed by atoms with Crippen LogP contribution in [0.25, 0.3) is 10.1 Å². The maximum Gasteiger partial charge on any atom is 0.259 e. The number of hydrogen-bond donors (Lipinski definition) is 1. The molecule has 0 radical (unpaired) electrons. The van der Waals surface area contributed by atoms with E-state index in [9.17, 15) is 9.59 Å². The molecule has 0 aliphatic rings. The Morgan fingerprint density at radius 3 is 2.88 bits per heavy atom. The van der Waals surface area contributed by atoms with Gasteiger partial charge in [-0.2, -0.15) is 0 Å². The van der Waals surface area contributed by atoms with Crippen LogP contribution in [0.15, 0.2) is 41.3 Å². The van der Waals surface area contributed by atoms with Crippen molar-refractivity contribution in [2.24, 2.45) is 7.05 Å². The predicted molar refractivity (Wildman–Crippen MR) is 101 cm³/mol. The second kappa shape index (κ2) is 7.11. The Labute approximate surface area is 149 Å². The maximum absolute atomic E-state index is 12.7. The van der Waals surface area contributed by atoms with Gasteiger partial charge in [0.25, 0.3) is 11.5 Å². The number of pyridine rings is 1. The number of ether oxygens (including phenoxy) is 1. The van der Waals surface area contributed by atoms with Crippen LogP contribution in [0, 0.1) is 6.92 Å². The van der Waals surface area contributed by atoms with Gasteiger partial charge in [0, 0.05) is 29.4 Å². The summed E-state index contributed by atoms with van der Waals surface area (Å²) in [7, 11) is 1.69. The number of amides is 1. The molecule has 130 valence electrons. The molecule has 0 saturated heterocycles. The molecule has 3 aromatic rings. The largest absolute Gasteiger partial charge is 0.494 e. The van der Waals surface area contributed by atoms with Gasteiger partial charge in [0.2, 0.25) is 0 Å². The van der Waals surface area contributed by atoms with Gasteiger partial charge in [-0.3, -0.25) is 9.59 Å². The van der Waals surface area contributed by atoms with Gasteiger partial charge in [0.15, 0.2) is 0 Å². The average molecular weight is 356 g/mol. The van der Waals surface area contributed by atoms with Crippen LogP contribution in [-0.4, -0.2) is 17.1 Å². The molecule has 0 unspecified atom stereocenters. The number of rotatable bonds is 5. The van der Waals surface area contributed by atoms with Crippen molar-refractivity contribution in [3.63, 3.8) is 0 Å². The first-order chi connectivity index (χ1) is 12.0. The minimum Gasteiger partial charge on any atom is -0.494 e. The van der Waals surface area contributed by atoms with Crippen molar-refractivity contribution >= 4 is 27.3 Å². The number of aromatic nitrogens is 1. The van der Waals surface area contributed by atoms with Gasteiger partial charge in [-0.05, 0) is 37.6 Å². The second-order valence-corrected chi connectivity index (χ2v) is 7.02. The SMILES string of the molecule is CCOc1cccc(CNC(=O)c2c(C)sc3ccn(C)c(=O)c23)c1. The first-order valence-corrected chi connectivity index (χ1v) is 8.91. The Kier molecular flexibility index (Phi) is 4.90. The van der Waals surface area contributed by atoms with Crippen molar-refractivity contribution in [2.45, 2.75) is 20.4 Å². The average Bonchev–Trinajstić information content (AvgIpc) is 2.94. The van der Waals surface area contributed by atoms with Crippen molar-refractivity contribution < 1.29 is 9.53 Å². The highest BCUT2D eigenvalue weighted by Gasteiger charge is 2.19. The van der Waals surface area contributed by atoms with E-state index in [-0.39, 0.29) is 11.5 Å². The summed E-state index contributed by atoms with van der Waals surface area (Å²) in [6.45, 7) is 4.77. The quantitative estimate of drug-likeness (QED) is 0.763. The summed E-state index contributed by atoms with van der Waals surface area (Å²) in [6.07, 6.45) is 1.72. The van der Waals surface area contributed by atoms with Crippen LogP contribution >= 0.6 is 11.3 Å². The van der Waals surface area contributed by atoms with E-state index in [1.54, 1.807) is 13.2 Å². The predicted octanol–water partition coefficient (Wildman–Crippen LogP) is 3.24. The number of carbonyl (C=O) groups excluding carboxylic acids is 1. The van der Waals surface area contributed by atoms with Crippen molar-refractivity contribution in [3.05, 3.63) is 62.9 Å². The molecule has 5 nitrogen and oxygen atoms in total. The smallest absolute Gasteiger partial charge is 0.259 e. The molecule has 3 rings (SSSR count). The van der Waals surface area contributed by atoms with Gasteiger partial charge in [-0.1, -0.05) is 12.1 Å². The summed E-state index contributed by atoms with van der Waals surface area (Å²) in [4.78, 5) is 26.0. The minimum atomic E-state index is -0.228. The molecule has 0 saturated carbocycles. The molecule has 1 N–H and O–H groups in total. The summed E-state index contributed by atoms with van der Waals surface area (Å²) in [5.74, 6) is 0.550. The molecule has 6 heteroatoms. The number of benzene rings is 1. The zero-order chi connectivity index (χ0) is 18.0. The van der Waals surface area contributed by atoms with E-state index >= 15 is 0 Å². The molecule has 0 fully saturated rings. The highest BCUT2D eigenvalue weighted by atomic mass is 32.1. The lowest BCUT2D eigenvalue weighted by molar-refractivity contribution is 0.0952. The summed E-state index contributed by atoms with van der Waals surface area (Å²) in [5.41, 5.74) is 1.27. The molecule has 2 aromatic heterocycles. The Bertz CT molecular complexity index is 988. The van der Waals surface area contributed by atoms with Crippen LogP contribution in [0.2, 0.25) is 0 Å². The van der Waals surface area contributed by atoms with Crippen LogP contribution in [0.4, 0.5) is 0 Å². The van der Waals surface area contributed by atoms with Crippen molar-refractivity contribution in [1.82, 2.24) is 9.88 Å². The summed E-state index contributed by atoms with van der Waals surface area (Å²) < 4.78 is 7.81. The lowest BCUT2D eigenvalue weighted by Crippen LogP contribution is -2.25. The summed E-state index contributed by atoms with van der Waals surface area (Å²) >= 11 is 1.47. The van der Waals surface area contributed by atoms with Crippen LogP contribution in [0.3, 0.4) is 0 Å².